The van der Waals surface area contributed by atoms with Crippen LogP contribution in [0.1, 0.15) is 31.4 Å². The Hall–Kier alpha value is -2.40. The topological polar surface area (TPSA) is 71.5 Å². The number of aliphatic carboxylic acids is 1. The van der Waals surface area contributed by atoms with Crippen LogP contribution in [-0.2, 0) is 17.9 Å². The van der Waals surface area contributed by atoms with E-state index >= 15 is 0 Å². The maximum absolute atomic E-state index is 11.2. The van der Waals surface area contributed by atoms with Gasteiger partial charge in [-0.05, 0) is 47.7 Å². The Kier molecular flexibility index (Phi) is 6.75. The largest absolute Gasteiger partial charge is 0.489 e. The van der Waals surface area contributed by atoms with Crippen molar-refractivity contribution < 1.29 is 14.6 Å². The van der Waals surface area contributed by atoms with Gasteiger partial charge in [-0.1, -0.05) is 26.0 Å². The Bertz CT molecular complexity index is 627. The Balaban J connectivity index is 1.84. The van der Waals surface area contributed by atoms with Gasteiger partial charge in [0.1, 0.15) is 18.4 Å². The van der Waals surface area contributed by atoms with E-state index in [0.29, 0.717) is 25.5 Å². The van der Waals surface area contributed by atoms with Gasteiger partial charge in [0.2, 0.25) is 0 Å². The molecule has 0 aliphatic rings. The predicted octanol–water partition coefficient (Wildman–Crippen LogP) is 3.25. The van der Waals surface area contributed by atoms with E-state index in [2.05, 4.69) is 10.3 Å². The van der Waals surface area contributed by atoms with Crippen molar-refractivity contribution in [3.8, 4) is 5.75 Å². The Morgan fingerprint density at radius 2 is 1.79 bits per heavy atom. The highest BCUT2D eigenvalue weighted by Gasteiger charge is 2.17. The molecular formula is C19H24N2O3. The molecule has 0 bridgehead atoms. The first-order chi connectivity index (χ1) is 11.5. The minimum absolute atomic E-state index is 0.336. The van der Waals surface area contributed by atoms with Gasteiger partial charge in [0, 0.05) is 18.9 Å². The van der Waals surface area contributed by atoms with Crippen molar-refractivity contribution in [1.29, 1.82) is 0 Å². The maximum Gasteiger partial charge on any atom is 0.320 e. The minimum atomic E-state index is -0.805. The molecule has 1 aromatic heterocycles. The summed E-state index contributed by atoms with van der Waals surface area (Å²) < 4.78 is 5.72. The molecule has 5 nitrogen and oxygen atoms in total. The molecule has 0 radical (unpaired) electrons. The van der Waals surface area contributed by atoms with Crippen molar-refractivity contribution in [2.75, 3.05) is 0 Å². The molecule has 5 heteroatoms. The molecule has 2 N–H and O–H groups in total. The summed E-state index contributed by atoms with van der Waals surface area (Å²) in [5.41, 5.74) is 2.09. The SMILES string of the molecule is CC(C)CC(NCc1ccc(OCc2ccncc2)cc1)C(=O)O. The van der Waals surface area contributed by atoms with Gasteiger partial charge in [-0.3, -0.25) is 9.78 Å². The van der Waals surface area contributed by atoms with Crippen molar-refractivity contribution in [3.05, 3.63) is 59.9 Å². The highest BCUT2D eigenvalue weighted by atomic mass is 16.5. The van der Waals surface area contributed by atoms with Crippen LogP contribution in [0, 0.1) is 5.92 Å². The number of carboxylic acids is 1. The summed E-state index contributed by atoms with van der Waals surface area (Å²) >= 11 is 0. The van der Waals surface area contributed by atoms with Crippen molar-refractivity contribution in [2.24, 2.45) is 5.92 Å². The number of nitrogens with one attached hydrogen (secondary N) is 1. The minimum Gasteiger partial charge on any atom is -0.489 e. The molecule has 0 spiro atoms. The van der Waals surface area contributed by atoms with E-state index in [9.17, 15) is 9.90 Å². The summed E-state index contributed by atoms with van der Waals surface area (Å²) in [7, 11) is 0. The number of aromatic nitrogens is 1. The van der Waals surface area contributed by atoms with Crippen molar-refractivity contribution >= 4 is 5.97 Å². The van der Waals surface area contributed by atoms with E-state index in [4.69, 9.17) is 4.74 Å². The fraction of sp³-hybridized carbons (Fsp3) is 0.368. The molecule has 0 fully saturated rings. The van der Waals surface area contributed by atoms with Crippen LogP contribution in [0.5, 0.6) is 5.75 Å². The lowest BCUT2D eigenvalue weighted by atomic mass is 10.0. The third kappa shape index (κ3) is 6.01. The van der Waals surface area contributed by atoms with Gasteiger partial charge in [0.15, 0.2) is 0 Å². The first-order valence-corrected chi connectivity index (χ1v) is 8.11. The number of hydrogen-bond donors (Lipinski definition) is 2. The number of ether oxygens (including phenoxy) is 1. The van der Waals surface area contributed by atoms with E-state index < -0.39 is 12.0 Å². The molecule has 1 heterocycles. The normalized spacial score (nSPS) is 12.1. The molecule has 0 saturated carbocycles. The zero-order valence-corrected chi connectivity index (χ0v) is 14.1. The summed E-state index contributed by atoms with van der Waals surface area (Å²) in [4.78, 5) is 15.2. The number of nitrogens with zero attached hydrogens (tertiary/aromatic N) is 1. The molecule has 0 aliphatic carbocycles. The fourth-order valence-corrected chi connectivity index (χ4v) is 2.33. The van der Waals surface area contributed by atoms with Gasteiger partial charge < -0.3 is 15.2 Å². The number of benzene rings is 1. The lowest BCUT2D eigenvalue weighted by Crippen LogP contribution is -2.37. The Morgan fingerprint density at radius 3 is 2.38 bits per heavy atom. The number of hydrogen-bond acceptors (Lipinski definition) is 4. The molecular weight excluding hydrogens is 304 g/mol. The van der Waals surface area contributed by atoms with Crippen LogP contribution < -0.4 is 10.1 Å². The first-order valence-electron chi connectivity index (χ1n) is 8.11. The van der Waals surface area contributed by atoms with Crippen molar-refractivity contribution in [2.45, 2.75) is 39.5 Å². The zero-order valence-electron chi connectivity index (χ0n) is 14.1. The number of pyridine rings is 1. The van der Waals surface area contributed by atoms with Crippen molar-refractivity contribution in [3.63, 3.8) is 0 Å². The molecule has 0 amide bonds. The molecule has 128 valence electrons. The maximum atomic E-state index is 11.2. The zero-order chi connectivity index (χ0) is 17.4. The Labute approximate surface area is 142 Å². The van der Waals surface area contributed by atoms with Gasteiger partial charge in [0.05, 0.1) is 0 Å². The van der Waals surface area contributed by atoms with E-state index in [1.807, 2.05) is 50.2 Å². The third-order valence-electron chi connectivity index (χ3n) is 3.64. The average molecular weight is 328 g/mol. The van der Waals surface area contributed by atoms with Gasteiger partial charge in [-0.25, -0.2) is 0 Å². The molecule has 24 heavy (non-hydrogen) atoms. The van der Waals surface area contributed by atoms with E-state index in [-0.39, 0.29) is 0 Å². The van der Waals surface area contributed by atoms with E-state index in [1.54, 1.807) is 12.4 Å². The smallest absolute Gasteiger partial charge is 0.320 e. The molecule has 1 aromatic carbocycles. The molecule has 2 rings (SSSR count). The van der Waals surface area contributed by atoms with Gasteiger partial charge in [-0.2, -0.15) is 0 Å². The highest BCUT2D eigenvalue weighted by molar-refractivity contribution is 5.73. The predicted molar refractivity (Wildman–Crippen MR) is 92.7 cm³/mol. The summed E-state index contributed by atoms with van der Waals surface area (Å²) in [5, 5.41) is 12.3. The van der Waals surface area contributed by atoms with Gasteiger partial charge >= 0.3 is 5.97 Å². The van der Waals surface area contributed by atoms with Crippen LogP contribution in [0.4, 0.5) is 0 Å². The molecule has 0 aliphatic heterocycles. The summed E-state index contributed by atoms with van der Waals surface area (Å²) in [6, 6.07) is 11.0. The molecule has 1 atom stereocenters. The quantitative estimate of drug-likeness (QED) is 0.739. The monoisotopic (exact) mass is 328 g/mol. The second kappa shape index (κ2) is 9.03. The Morgan fingerprint density at radius 1 is 1.12 bits per heavy atom. The molecule has 1 unspecified atom stereocenters. The number of rotatable bonds is 9. The fourth-order valence-electron chi connectivity index (χ4n) is 2.33. The summed E-state index contributed by atoms with van der Waals surface area (Å²) in [6.07, 6.45) is 4.09. The lowest BCUT2D eigenvalue weighted by molar-refractivity contribution is -0.140. The van der Waals surface area contributed by atoms with Crippen LogP contribution >= 0.6 is 0 Å². The van der Waals surface area contributed by atoms with Crippen molar-refractivity contribution in [1.82, 2.24) is 10.3 Å². The summed E-state index contributed by atoms with van der Waals surface area (Å²) in [5.74, 6) is 0.316. The van der Waals surface area contributed by atoms with Gasteiger partial charge in [-0.15, -0.1) is 0 Å². The standard InChI is InChI=1S/C19H24N2O3/c1-14(2)11-18(19(22)23)21-12-15-3-5-17(6-4-15)24-13-16-7-9-20-10-8-16/h3-10,14,18,21H,11-13H2,1-2H3,(H,22,23). The second-order valence-electron chi connectivity index (χ2n) is 6.19. The van der Waals surface area contributed by atoms with Crippen LogP contribution in [0.15, 0.2) is 48.8 Å². The van der Waals surface area contributed by atoms with E-state index in [1.165, 1.54) is 0 Å². The van der Waals surface area contributed by atoms with Crippen LogP contribution in [-0.4, -0.2) is 22.1 Å². The molecule has 0 saturated heterocycles. The van der Waals surface area contributed by atoms with Crippen LogP contribution in [0.3, 0.4) is 0 Å². The number of carbonyl (C=O) groups is 1. The number of carboxylic acid groups (broad SMARTS) is 1. The lowest BCUT2D eigenvalue weighted by Gasteiger charge is -2.16. The van der Waals surface area contributed by atoms with Crippen LogP contribution in [0.25, 0.3) is 0 Å². The average Bonchev–Trinajstić information content (AvgIpc) is 2.58. The van der Waals surface area contributed by atoms with Crippen LogP contribution in [0.2, 0.25) is 0 Å². The van der Waals surface area contributed by atoms with Gasteiger partial charge in [0.25, 0.3) is 0 Å². The molecule has 2 aromatic rings. The third-order valence-corrected chi connectivity index (χ3v) is 3.64. The second-order valence-corrected chi connectivity index (χ2v) is 6.19. The highest BCUT2D eigenvalue weighted by Crippen LogP contribution is 2.14. The first kappa shape index (κ1) is 17.9. The summed E-state index contributed by atoms with van der Waals surface area (Å²) in [6.45, 7) is 5.06. The van der Waals surface area contributed by atoms with E-state index in [0.717, 1.165) is 16.9 Å².